The summed E-state index contributed by atoms with van der Waals surface area (Å²) in [7, 11) is 0. The molecule has 3 heterocycles. The molecule has 1 fully saturated rings. The van der Waals surface area contributed by atoms with Gasteiger partial charge in [-0.15, -0.1) is 0 Å². The number of aryl methyl sites for hydroxylation is 1. The molecule has 2 aromatic heterocycles. The SMILES string of the molecule is N=c1c2c(=O)oc3ccccc3c2ccn1CCC1CCN(Cc2ccccc2)CC1. The van der Waals surface area contributed by atoms with E-state index in [1.165, 1.54) is 18.4 Å². The van der Waals surface area contributed by atoms with Crippen molar-refractivity contribution in [2.45, 2.75) is 32.4 Å². The fourth-order valence-corrected chi connectivity index (χ4v) is 4.74. The standard InChI is InChI=1S/C26H27N3O2/c27-25-24-22(21-8-4-5-9-23(21)31-26(24)30)13-17-29(25)16-12-19-10-14-28(15-11-19)18-20-6-2-1-3-7-20/h1-9,13,17,19,27H,10-12,14-16,18H2. The molecule has 1 saturated heterocycles. The Bertz CT molecular complexity index is 1320. The molecule has 0 radical (unpaired) electrons. The zero-order chi connectivity index (χ0) is 21.2. The summed E-state index contributed by atoms with van der Waals surface area (Å²) in [5.41, 5.74) is 1.76. The van der Waals surface area contributed by atoms with E-state index >= 15 is 0 Å². The Morgan fingerprint density at radius 2 is 1.68 bits per heavy atom. The van der Waals surface area contributed by atoms with Gasteiger partial charge in [-0.2, -0.15) is 0 Å². The minimum atomic E-state index is -0.428. The first-order chi connectivity index (χ1) is 15.2. The van der Waals surface area contributed by atoms with E-state index in [0.717, 1.165) is 43.4 Å². The second-order valence-corrected chi connectivity index (χ2v) is 8.53. The van der Waals surface area contributed by atoms with Crippen LogP contribution in [0, 0.1) is 11.3 Å². The van der Waals surface area contributed by atoms with Gasteiger partial charge in [0.1, 0.15) is 16.5 Å². The van der Waals surface area contributed by atoms with Gasteiger partial charge in [-0.1, -0.05) is 48.5 Å². The van der Waals surface area contributed by atoms with Crippen molar-refractivity contribution in [2.75, 3.05) is 13.1 Å². The van der Waals surface area contributed by atoms with Gasteiger partial charge in [0.05, 0.1) is 0 Å². The van der Waals surface area contributed by atoms with E-state index < -0.39 is 5.63 Å². The van der Waals surface area contributed by atoms with Crippen LogP contribution in [0.1, 0.15) is 24.8 Å². The first-order valence-electron chi connectivity index (χ1n) is 11.0. The molecule has 0 spiro atoms. The number of piperidine rings is 1. The first kappa shape index (κ1) is 19.8. The average Bonchev–Trinajstić information content (AvgIpc) is 2.80. The largest absolute Gasteiger partial charge is 0.422 e. The maximum absolute atomic E-state index is 12.6. The lowest BCUT2D eigenvalue weighted by molar-refractivity contribution is 0.169. The molecule has 4 aromatic rings. The number of nitrogens with zero attached hydrogens (tertiary/aromatic N) is 2. The molecule has 1 N–H and O–H groups in total. The second kappa shape index (κ2) is 8.52. The molecular formula is C26H27N3O2. The summed E-state index contributed by atoms with van der Waals surface area (Å²) in [6, 6.07) is 20.1. The van der Waals surface area contributed by atoms with E-state index in [9.17, 15) is 4.79 Å². The highest BCUT2D eigenvalue weighted by Gasteiger charge is 2.19. The Balaban J connectivity index is 1.27. The van der Waals surface area contributed by atoms with Crippen molar-refractivity contribution in [2.24, 2.45) is 5.92 Å². The Kier molecular flexibility index (Phi) is 5.43. The summed E-state index contributed by atoms with van der Waals surface area (Å²) < 4.78 is 7.36. The van der Waals surface area contributed by atoms with Gasteiger partial charge in [0, 0.05) is 30.1 Å². The third-order valence-electron chi connectivity index (χ3n) is 6.53. The molecule has 0 bridgehead atoms. The molecule has 1 aliphatic heterocycles. The number of fused-ring (bicyclic) bond motifs is 3. The van der Waals surface area contributed by atoms with Crippen LogP contribution in [-0.4, -0.2) is 22.6 Å². The molecule has 158 valence electrons. The smallest absolute Gasteiger partial charge is 0.347 e. The molecule has 1 aliphatic rings. The van der Waals surface area contributed by atoms with Crippen LogP contribution in [0.4, 0.5) is 0 Å². The summed E-state index contributed by atoms with van der Waals surface area (Å²) in [5, 5.41) is 10.7. The van der Waals surface area contributed by atoms with Crippen LogP contribution < -0.4 is 11.1 Å². The topological polar surface area (TPSA) is 62.2 Å². The molecular weight excluding hydrogens is 386 g/mol. The zero-order valence-electron chi connectivity index (χ0n) is 17.6. The van der Waals surface area contributed by atoms with Crippen molar-refractivity contribution in [3.63, 3.8) is 0 Å². The highest BCUT2D eigenvalue weighted by molar-refractivity contribution is 6.03. The number of para-hydroxylation sites is 1. The van der Waals surface area contributed by atoms with Gasteiger partial charge in [-0.25, -0.2) is 4.79 Å². The summed E-state index contributed by atoms with van der Waals surface area (Å²) in [4.78, 5) is 15.1. The number of pyridine rings is 1. The van der Waals surface area contributed by atoms with Crippen LogP contribution in [0.15, 0.2) is 76.1 Å². The van der Waals surface area contributed by atoms with E-state index in [4.69, 9.17) is 9.83 Å². The molecule has 0 saturated carbocycles. The van der Waals surface area contributed by atoms with E-state index in [1.54, 1.807) is 6.07 Å². The minimum Gasteiger partial charge on any atom is -0.422 e. The van der Waals surface area contributed by atoms with E-state index in [-0.39, 0.29) is 5.49 Å². The molecule has 0 aliphatic carbocycles. The summed E-state index contributed by atoms with van der Waals surface area (Å²) >= 11 is 0. The van der Waals surface area contributed by atoms with Crippen LogP contribution in [0.3, 0.4) is 0 Å². The van der Waals surface area contributed by atoms with Gasteiger partial charge < -0.3 is 8.98 Å². The predicted octanol–water partition coefficient (Wildman–Crippen LogP) is 4.53. The first-order valence-corrected chi connectivity index (χ1v) is 11.0. The van der Waals surface area contributed by atoms with Crippen LogP contribution in [0.5, 0.6) is 0 Å². The molecule has 0 amide bonds. The second-order valence-electron chi connectivity index (χ2n) is 8.53. The van der Waals surface area contributed by atoms with Gasteiger partial charge in [0.2, 0.25) is 0 Å². The monoisotopic (exact) mass is 413 g/mol. The Morgan fingerprint density at radius 1 is 0.935 bits per heavy atom. The summed E-state index contributed by atoms with van der Waals surface area (Å²) in [5.74, 6) is 0.655. The number of benzene rings is 2. The van der Waals surface area contributed by atoms with Crippen molar-refractivity contribution in [3.05, 3.63) is 88.3 Å². The minimum absolute atomic E-state index is 0.249. The van der Waals surface area contributed by atoms with Gasteiger partial charge >= 0.3 is 5.63 Å². The molecule has 2 aromatic carbocycles. The lowest BCUT2D eigenvalue weighted by Gasteiger charge is -2.32. The summed E-state index contributed by atoms with van der Waals surface area (Å²) in [6.45, 7) is 4.01. The van der Waals surface area contributed by atoms with E-state index in [0.29, 0.717) is 16.9 Å². The average molecular weight is 414 g/mol. The third-order valence-corrected chi connectivity index (χ3v) is 6.53. The van der Waals surface area contributed by atoms with Crippen LogP contribution in [-0.2, 0) is 13.1 Å². The van der Waals surface area contributed by atoms with Crippen molar-refractivity contribution >= 4 is 21.7 Å². The Hall–Kier alpha value is -3.18. The summed E-state index contributed by atoms with van der Waals surface area (Å²) in [6.07, 6.45) is 5.34. The number of hydrogen-bond donors (Lipinski definition) is 1. The Morgan fingerprint density at radius 3 is 2.48 bits per heavy atom. The quantitative estimate of drug-likeness (QED) is 0.386. The number of hydrogen-bond acceptors (Lipinski definition) is 4. The molecule has 5 nitrogen and oxygen atoms in total. The molecule has 0 atom stereocenters. The lowest BCUT2D eigenvalue weighted by atomic mass is 9.93. The number of aromatic nitrogens is 1. The molecule has 0 unspecified atom stereocenters. The highest BCUT2D eigenvalue weighted by Crippen LogP contribution is 2.23. The van der Waals surface area contributed by atoms with Gasteiger partial charge in [-0.3, -0.25) is 10.3 Å². The van der Waals surface area contributed by atoms with Gasteiger partial charge in [0.25, 0.3) is 0 Å². The third kappa shape index (κ3) is 4.06. The van der Waals surface area contributed by atoms with E-state index in [1.807, 2.05) is 35.0 Å². The Labute approximate surface area is 181 Å². The van der Waals surface area contributed by atoms with E-state index in [2.05, 4.69) is 35.2 Å². The fourth-order valence-electron chi connectivity index (χ4n) is 4.74. The number of rotatable bonds is 5. The van der Waals surface area contributed by atoms with Crippen LogP contribution in [0.25, 0.3) is 21.7 Å². The maximum atomic E-state index is 12.6. The fraction of sp³-hybridized carbons (Fsp3) is 0.308. The van der Waals surface area contributed by atoms with Crippen molar-refractivity contribution in [1.82, 2.24) is 9.47 Å². The van der Waals surface area contributed by atoms with Gasteiger partial charge in [0.15, 0.2) is 0 Å². The van der Waals surface area contributed by atoms with Crippen molar-refractivity contribution in [3.8, 4) is 0 Å². The maximum Gasteiger partial charge on any atom is 0.347 e. The highest BCUT2D eigenvalue weighted by atomic mass is 16.4. The zero-order valence-corrected chi connectivity index (χ0v) is 17.6. The normalized spacial score (nSPS) is 15.6. The lowest BCUT2D eigenvalue weighted by Crippen LogP contribution is -2.34. The van der Waals surface area contributed by atoms with Crippen molar-refractivity contribution in [1.29, 1.82) is 5.41 Å². The number of nitrogens with one attached hydrogen (secondary N) is 1. The molecule has 5 heteroatoms. The van der Waals surface area contributed by atoms with Crippen molar-refractivity contribution < 1.29 is 4.42 Å². The van der Waals surface area contributed by atoms with Crippen LogP contribution >= 0.6 is 0 Å². The van der Waals surface area contributed by atoms with Gasteiger partial charge in [-0.05, 0) is 56.0 Å². The van der Waals surface area contributed by atoms with Crippen LogP contribution in [0.2, 0.25) is 0 Å². The molecule has 31 heavy (non-hydrogen) atoms. The number of likely N-dealkylation sites (tertiary alicyclic amines) is 1. The molecule has 5 rings (SSSR count). The predicted molar refractivity (Wildman–Crippen MR) is 123 cm³/mol.